The quantitative estimate of drug-likeness (QED) is 0.0824. The van der Waals surface area contributed by atoms with Crippen LogP contribution in [0.25, 0.3) is 33.2 Å². The minimum Gasteiger partial charge on any atom is -0.398 e. The van der Waals surface area contributed by atoms with Crippen molar-refractivity contribution in [1.82, 2.24) is 9.80 Å². The number of allylic oxidation sites excluding steroid dienone is 18. The first-order chi connectivity index (χ1) is 36.6. The van der Waals surface area contributed by atoms with E-state index in [1.165, 1.54) is 77.7 Å². The van der Waals surface area contributed by atoms with Crippen LogP contribution < -0.4 is 5.73 Å². The van der Waals surface area contributed by atoms with Crippen molar-refractivity contribution in [2.75, 3.05) is 12.3 Å². The zero-order valence-corrected chi connectivity index (χ0v) is 44.3. The molecule has 0 saturated heterocycles. The van der Waals surface area contributed by atoms with Gasteiger partial charge in [0, 0.05) is 43.1 Å². The van der Waals surface area contributed by atoms with Gasteiger partial charge in [0.25, 0.3) is 0 Å². The summed E-state index contributed by atoms with van der Waals surface area (Å²) in [4.78, 5) is 9.76. The lowest BCUT2D eigenvalue weighted by atomic mass is 9.95. The van der Waals surface area contributed by atoms with E-state index < -0.39 is 0 Å². The summed E-state index contributed by atoms with van der Waals surface area (Å²) < 4.78 is 0. The normalized spacial score (nSPS) is 18.2. The molecular weight excluding hydrogens is 909 g/mol. The van der Waals surface area contributed by atoms with Crippen LogP contribution in [0.5, 0.6) is 0 Å². The molecule has 0 heterocycles. The maximum Gasteiger partial charge on any atom is 0.0931 e. The van der Waals surface area contributed by atoms with Gasteiger partial charge < -0.3 is 15.5 Å². The molecule has 3 aliphatic rings. The van der Waals surface area contributed by atoms with Gasteiger partial charge in [0.15, 0.2) is 0 Å². The van der Waals surface area contributed by atoms with E-state index >= 15 is 0 Å². The molecule has 0 aliphatic heterocycles. The van der Waals surface area contributed by atoms with Crippen molar-refractivity contribution >= 4 is 34.4 Å². The molecule has 0 radical (unpaired) electrons. The van der Waals surface area contributed by atoms with E-state index in [1.807, 2.05) is 12.1 Å². The molecule has 3 aliphatic carbocycles. The Labute approximate surface area is 446 Å². The largest absolute Gasteiger partial charge is 0.398 e. The smallest absolute Gasteiger partial charge is 0.0931 e. The van der Waals surface area contributed by atoms with Crippen molar-refractivity contribution in [3.8, 4) is 11.1 Å². The number of nitrogens with two attached hydrogens (primary N) is 1. The topological polar surface area (TPSA) is 44.9 Å². The number of fused-ring (bicyclic) bond motifs is 1. The van der Waals surface area contributed by atoms with Crippen LogP contribution in [0.15, 0.2) is 269 Å². The van der Waals surface area contributed by atoms with Gasteiger partial charge in [0.2, 0.25) is 0 Å². The number of anilines is 1. The molecule has 6 aromatic rings. The SMILES string of the molecule is C=N/C(C1=CCCC=C1)=C(/c1ccccc1C)N(Cc1ccc(-c2ccc3cc(C4=CC=C(CN(Cc5ccccc5N)C5=C(\C)C(=C)/C=C\C/C=C/C=C\C=C\5C)CC=C4)ccc3c2)cc1)Cc1ccccc1C. The second-order valence-electron chi connectivity index (χ2n) is 20.0. The number of benzene rings is 6. The molecule has 2 N–H and O–H groups in total. The number of rotatable bonds is 15. The minimum absolute atomic E-state index is 0.672. The second-order valence-corrected chi connectivity index (χ2v) is 20.0. The number of nitrogens with zero attached hydrogens (tertiary/aromatic N) is 3. The van der Waals surface area contributed by atoms with Crippen molar-refractivity contribution < 1.29 is 0 Å². The predicted molar refractivity (Wildman–Crippen MR) is 323 cm³/mol. The number of hydrogen-bond donors (Lipinski definition) is 1. The van der Waals surface area contributed by atoms with Crippen molar-refractivity contribution in [3.05, 3.63) is 303 Å². The van der Waals surface area contributed by atoms with E-state index in [0.29, 0.717) is 13.1 Å². The van der Waals surface area contributed by atoms with Gasteiger partial charge in [0.05, 0.1) is 11.4 Å². The molecule has 6 aromatic carbocycles. The summed E-state index contributed by atoms with van der Waals surface area (Å²) in [6, 6.07) is 48.4. The first-order valence-corrected chi connectivity index (χ1v) is 26.4. The van der Waals surface area contributed by atoms with Crippen molar-refractivity contribution in [2.45, 2.75) is 73.0 Å². The van der Waals surface area contributed by atoms with E-state index in [9.17, 15) is 0 Å². The average Bonchev–Trinajstić information content (AvgIpc) is 3.67. The van der Waals surface area contributed by atoms with Crippen LogP contribution in [-0.2, 0) is 19.6 Å². The Morgan fingerprint density at radius 3 is 2.07 bits per heavy atom. The van der Waals surface area contributed by atoms with E-state index in [4.69, 9.17) is 10.7 Å². The number of aryl methyl sites for hydroxylation is 2. The Bertz CT molecular complexity index is 3460. The van der Waals surface area contributed by atoms with Crippen LogP contribution in [0.2, 0.25) is 0 Å². The summed E-state index contributed by atoms with van der Waals surface area (Å²) >= 11 is 0. The first kappa shape index (κ1) is 51.4. The number of para-hydroxylation sites is 1. The highest BCUT2D eigenvalue weighted by molar-refractivity contribution is 5.91. The predicted octanol–water partition coefficient (Wildman–Crippen LogP) is 17.7. The summed E-state index contributed by atoms with van der Waals surface area (Å²) in [5.41, 5.74) is 28.4. The van der Waals surface area contributed by atoms with Crippen molar-refractivity contribution in [2.24, 2.45) is 4.99 Å². The van der Waals surface area contributed by atoms with Gasteiger partial charge in [-0.1, -0.05) is 207 Å². The Morgan fingerprint density at radius 2 is 1.32 bits per heavy atom. The van der Waals surface area contributed by atoms with Crippen LogP contribution in [0.1, 0.15) is 78.5 Å². The summed E-state index contributed by atoms with van der Waals surface area (Å²) in [5, 5.41) is 2.43. The van der Waals surface area contributed by atoms with Crippen molar-refractivity contribution in [1.29, 1.82) is 0 Å². The Morgan fingerprint density at radius 1 is 0.600 bits per heavy atom. The van der Waals surface area contributed by atoms with Crippen LogP contribution in [0, 0.1) is 13.8 Å². The molecule has 75 heavy (non-hydrogen) atoms. The Balaban J connectivity index is 0.978. The lowest BCUT2D eigenvalue weighted by molar-refractivity contribution is 0.366. The number of aliphatic imine (C=N–C) groups is 1. The van der Waals surface area contributed by atoms with Crippen LogP contribution in [0.3, 0.4) is 0 Å². The van der Waals surface area contributed by atoms with Gasteiger partial charge in [-0.05, 0) is 167 Å². The van der Waals surface area contributed by atoms with Gasteiger partial charge >= 0.3 is 0 Å². The second kappa shape index (κ2) is 24.5. The Hall–Kier alpha value is -8.47. The van der Waals surface area contributed by atoms with E-state index in [-0.39, 0.29) is 0 Å². The maximum absolute atomic E-state index is 6.60. The highest BCUT2D eigenvalue weighted by Gasteiger charge is 2.23. The summed E-state index contributed by atoms with van der Waals surface area (Å²) in [5.74, 6) is 0. The molecule has 374 valence electrons. The molecule has 0 bridgehead atoms. The monoisotopic (exact) mass is 979 g/mol. The zero-order chi connectivity index (χ0) is 52.1. The maximum atomic E-state index is 6.60. The van der Waals surface area contributed by atoms with E-state index in [1.54, 1.807) is 0 Å². The van der Waals surface area contributed by atoms with Crippen molar-refractivity contribution in [3.63, 3.8) is 0 Å². The Kier molecular flexibility index (Phi) is 16.8. The van der Waals surface area contributed by atoms with Crippen LogP contribution in [-0.4, -0.2) is 23.1 Å². The van der Waals surface area contributed by atoms with E-state index in [0.717, 1.165) is 78.1 Å². The van der Waals surface area contributed by atoms with E-state index in [2.05, 4.69) is 257 Å². The zero-order valence-electron chi connectivity index (χ0n) is 44.3. The van der Waals surface area contributed by atoms with Crippen LogP contribution in [0.4, 0.5) is 5.69 Å². The fourth-order valence-electron chi connectivity index (χ4n) is 10.4. The number of nitrogen functional groups attached to an aromatic ring is 1. The minimum atomic E-state index is 0.672. The standard InChI is InChI=1S/C71H70N4/c1-51-23-12-9-7-8-10-13-26-54(4)70(55(51)5)74(50-66-31-19-21-34-68(66)72)47-56-27-22-32-58(38-35-56)61-41-43-64-46-62(42-44-63(64)45-61)59-39-36-57(37-40-59)48-75(49-65-30-18-16-24-52(65)2)71(67-33-20-17-25-53(67)3)69(73-6)60-28-14-11-15-29-60/h7-8,10,12-14,16-26,28-46H,1,6,9,11,15,27,47-50,72H2,2-5H3/b8-7+,13-10-,23-12-,54-26+,70-55+,71-69-. The van der Waals surface area contributed by atoms with Gasteiger partial charge in [-0.3, -0.25) is 4.99 Å². The van der Waals surface area contributed by atoms with Gasteiger partial charge in [0.1, 0.15) is 0 Å². The van der Waals surface area contributed by atoms with Gasteiger partial charge in [-0.25, -0.2) is 0 Å². The lowest BCUT2D eigenvalue weighted by Gasteiger charge is -2.32. The van der Waals surface area contributed by atoms with Gasteiger partial charge in [-0.15, -0.1) is 0 Å². The summed E-state index contributed by atoms with van der Waals surface area (Å²) in [7, 11) is 0. The molecule has 0 saturated carbocycles. The molecule has 4 nitrogen and oxygen atoms in total. The average molecular weight is 979 g/mol. The molecule has 0 amide bonds. The van der Waals surface area contributed by atoms with Crippen LogP contribution >= 0.6 is 0 Å². The molecule has 4 heteroatoms. The fraction of sp³-hybridized carbons (Fsp3) is 0.169. The lowest BCUT2D eigenvalue weighted by Crippen LogP contribution is -2.27. The fourth-order valence-corrected chi connectivity index (χ4v) is 10.4. The number of hydrogen-bond acceptors (Lipinski definition) is 4. The molecule has 0 atom stereocenters. The third-order valence-electron chi connectivity index (χ3n) is 14.6. The molecule has 0 unspecified atom stereocenters. The summed E-state index contributed by atoms with van der Waals surface area (Å²) in [6.07, 6.45) is 34.7. The third-order valence-corrected chi connectivity index (χ3v) is 14.6. The molecule has 0 fully saturated rings. The molecule has 9 rings (SSSR count). The first-order valence-electron chi connectivity index (χ1n) is 26.4. The molecule has 0 spiro atoms. The highest BCUT2D eigenvalue weighted by atomic mass is 15.2. The van der Waals surface area contributed by atoms with Gasteiger partial charge in [-0.2, -0.15) is 0 Å². The molecular formula is C71H70N4. The summed E-state index contributed by atoms with van der Waals surface area (Å²) in [6.45, 7) is 20.3. The highest BCUT2D eigenvalue weighted by Crippen LogP contribution is 2.37. The third kappa shape index (κ3) is 12.7. The molecule has 0 aromatic heterocycles.